The lowest BCUT2D eigenvalue weighted by atomic mass is 10.1. The van der Waals surface area contributed by atoms with Crippen LogP contribution in [0.1, 0.15) is 10.4 Å². The first-order valence-corrected chi connectivity index (χ1v) is 6.30. The molecule has 5 nitrogen and oxygen atoms in total. The summed E-state index contributed by atoms with van der Waals surface area (Å²) in [5.74, 6) is 0.0683. The van der Waals surface area contributed by atoms with Gasteiger partial charge in [-0.1, -0.05) is 0 Å². The number of ketones is 1. The van der Waals surface area contributed by atoms with Crippen molar-refractivity contribution in [1.29, 1.82) is 0 Å². The van der Waals surface area contributed by atoms with E-state index in [1.165, 1.54) is 26.0 Å². The number of carbonyl (C=O) groups is 2. The fraction of sp³-hybridized carbons (Fsp3) is 0.333. The topological polar surface area (TPSA) is 64.6 Å². The van der Waals surface area contributed by atoms with E-state index >= 15 is 0 Å². The van der Waals surface area contributed by atoms with E-state index in [-0.39, 0.29) is 11.7 Å². The second-order valence-corrected chi connectivity index (χ2v) is 4.73. The first kappa shape index (κ1) is 13.1. The Labute approximate surface area is 109 Å². The predicted molar refractivity (Wildman–Crippen MR) is 67.9 cm³/mol. The summed E-state index contributed by atoms with van der Waals surface area (Å²) in [5.41, 5.74) is 1.11. The van der Waals surface area contributed by atoms with E-state index in [0.717, 1.165) is 4.90 Å². The number of hydrogen-bond donors (Lipinski definition) is 1. The van der Waals surface area contributed by atoms with Crippen LogP contribution in [-0.2, 0) is 14.3 Å². The van der Waals surface area contributed by atoms with E-state index < -0.39 is 6.29 Å². The Morgan fingerprint density at radius 2 is 2.11 bits per heavy atom. The molecule has 1 aromatic carbocycles. The summed E-state index contributed by atoms with van der Waals surface area (Å²) in [4.78, 5) is 24.2. The predicted octanol–water partition coefficient (Wildman–Crippen LogP) is 1.53. The third-order valence-corrected chi connectivity index (χ3v) is 3.61. The lowest BCUT2D eigenvalue weighted by Crippen LogP contribution is -2.25. The molecule has 6 heteroatoms. The quantitative estimate of drug-likeness (QED) is 0.662. The normalized spacial score (nSPS) is 14.3. The minimum absolute atomic E-state index is 0.0628. The lowest BCUT2D eigenvalue weighted by molar-refractivity contribution is -0.113. The van der Waals surface area contributed by atoms with Crippen molar-refractivity contribution in [2.45, 2.75) is 11.2 Å². The zero-order valence-electron chi connectivity index (χ0n) is 10.1. The maximum absolute atomic E-state index is 12.0. The molecule has 1 aliphatic rings. The highest BCUT2D eigenvalue weighted by Gasteiger charge is 2.22. The second kappa shape index (κ2) is 5.51. The van der Waals surface area contributed by atoms with Crippen molar-refractivity contribution in [3.8, 4) is 0 Å². The van der Waals surface area contributed by atoms with Crippen molar-refractivity contribution in [3.05, 3.63) is 23.8 Å². The molecule has 2 rings (SSSR count). The van der Waals surface area contributed by atoms with E-state index in [9.17, 15) is 9.59 Å². The zero-order chi connectivity index (χ0) is 13.1. The first-order valence-electron chi connectivity index (χ1n) is 5.32. The minimum atomic E-state index is -0.921. The van der Waals surface area contributed by atoms with Crippen LogP contribution in [-0.4, -0.2) is 38.0 Å². The van der Waals surface area contributed by atoms with Gasteiger partial charge in [-0.2, -0.15) is 0 Å². The Balaban J connectivity index is 2.28. The molecular formula is C12H13NO4S. The van der Waals surface area contributed by atoms with Crippen molar-refractivity contribution < 1.29 is 19.1 Å². The van der Waals surface area contributed by atoms with Crippen LogP contribution in [0.5, 0.6) is 0 Å². The molecule has 1 aromatic rings. The van der Waals surface area contributed by atoms with Gasteiger partial charge in [0.2, 0.25) is 18.0 Å². The third kappa shape index (κ3) is 2.55. The highest BCUT2D eigenvalue weighted by atomic mass is 32.2. The number of carbonyl (C=O) groups excluding carboxylic acids is 2. The molecule has 1 amide bonds. The first-order chi connectivity index (χ1) is 8.65. The molecule has 0 radical (unpaired) electrons. The molecule has 18 heavy (non-hydrogen) atoms. The van der Waals surface area contributed by atoms with Crippen LogP contribution in [0.3, 0.4) is 0 Å². The van der Waals surface area contributed by atoms with Gasteiger partial charge in [-0.15, -0.1) is 11.8 Å². The van der Waals surface area contributed by atoms with Gasteiger partial charge >= 0.3 is 0 Å². The molecule has 1 heterocycles. The molecule has 0 unspecified atom stereocenters. The van der Waals surface area contributed by atoms with Gasteiger partial charge in [-0.3, -0.25) is 9.59 Å². The van der Waals surface area contributed by atoms with Crippen LogP contribution in [0.2, 0.25) is 0 Å². The number of benzene rings is 1. The van der Waals surface area contributed by atoms with Crippen LogP contribution in [0.4, 0.5) is 5.69 Å². The molecule has 0 aliphatic carbocycles. The Bertz CT molecular complexity index is 485. The van der Waals surface area contributed by atoms with Crippen LogP contribution < -0.4 is 5.32 Å². The second-order valence-electron chi connectivity index (χ2n) is 3.72. The smallest absolute Gasteiger partial charge is 0.234 e. The van der Waals surface area contributed by atoms with Crippen LogP contribution >= 0.6 is 11.8 Å². The van der Waals surface area contributed by atoms with E-state index in [2.05, 4.69) is 5.32 Å². The SMILES string of the molecule is COC(OC)C(=O)c1ccc2c(c1)NC(=O)CS2. The third-order valence-electron chi connectivity index (χ3n) is 2.54. The molecule has 0 fully saturated rings. The summed E-state index contributed by atoms with van der Waals surface area (Å²) >= 11 is 1.45. The number of hydrogen-bond acceptors (Lipinski definition) is 5. The average molecular weight is 267 g/mol. The lowest BCUT2D eigenvalue weighted by Gasteiger charge is -2.18. The fourth-order valence-electron chi connectivity index (χ4n) is 1.68. The summed E-state index contributed by atoms with van der Waals surface area (Å²) in [6, 6.07) is 5.17. The van der Waals surface area contributed by atoms with Crippen molar-refractivity contribution >= 4 is 29.1 Å². The fourth-order valence-corrected chi connectivity index (χ4v) is 2.47. The largest absolute Gasteiger partial charge is 0.349 e. The van der Waals surface area contributed by atoms with Crippen LogP contribution in [0.15, 0.2) is 23.1 Å². The number of amides is 1. The molecule has 0 bridgehead atoms. The maximum atomic E-state index is 12.0. The van der Waals surface area contributed by atoms with Crippen molar-refractivity contribution in [3.63, 3.8) is 0 Å². The summed E-state index contributed by atoms with van der Waals surface area (Å²) < 4.78 is 9.83. The molecule has 96 valence electrons. The van der Waals surface area contributed by atoms with Gasteiger partial charge in [0.25, 0.3) is 0 Å². The maximum Gasteiger partial charge on any atom is 0.234 e. The van der Waals surface area contributed by atoms with Gasteiger partial charge in [0.05, 0.1) is 11.4 Å². The number of thioether (sulfide) groups is 1. The molecule has 1 aliphatic heterocycles. The molecule has 1 N–H and O–H groups in total. The molecule has 0 saturated heterocycles. The number of methoxy groups -OCH3 is 2. The van der Waals surface area contributed by atoms with Gasteiger partial charge in [0.15, 0.2) is 0 Å². The summed E-state index contributed by atoms with van der Waals surface area (Å²) in [5, 5.41) is 2.74. The number of nitrogens with one attached hydrogen (secondary N) is 1. The number of Topliss-reactive ketones (excluding diaryl/α,β-unsaturated/α-hetero) is 1. The number of anilines is 1. The van der Waals surface area contributed by atoms with Crippen LogP contribution in [0.25, 0.3) is 0 Å². The van der Waals surface area contributed by atoms with E-state index in [1.807, 2.05) is 6.07 Å². The molecular weight excluding hydrogens is 254 g/mol. The van der Waals surface area contributed by atoms with Crippen molar-refractivity contribution in [2.24, 2.45) is 0 Å². The highest BCUT2D eigenvalue weighted by Crippen LogP contribution is 2.32. The minimum Gasteiger partial charge on any atom is -0.349 e. The van der Waals surface area contributed by atoms with Gasteiger partial charge in [0, 0.05) is 24.7 Å². The zero-order valence-corrected chi connectivity index (χ0v) is 10.9. The molecule has 0 atom stereocenters. The highest BCUT2D eigenvalue weighted by molar-refractivity contribution is 8.00. The number of ether oxygens (including phenoxy) is 2. The summed E-state index contributed by atoms with van der Waals surface area (Å²) in [7, 11) is 2.81. The van der Waals surface area contributed by atoms with Crippen molar-refractivity contribution in [2.75, 3.05) is 25.3 Å². The number of rotatable bonds is 4. The monoisotopic (exact) mass is 267 g/mol. The van der Waals surface area contributed by atoms with Gasteiger partial charge in [0.1, 0.15) is 0 Å². The van der Waals surface area contributed by atoms with E-state index in [4.69, 9.17) is 9.47 Å². The Morgan fingerprint density at radius 3 is 2.78 bits per heavy atom. The Hall–Kier alpha value is -1.37. The number of fused-ring (bicyclic) bond motifs is 1. The van der Waals surface area contributed by atoms with Gasteiger partial charge < -0.3 is 14.8 Å². The van der Waals surface area contributed by atoms with Crippen molar-refractivity contribution in [1.82, 2.24) is 0 Å². The summed E-state index contributed by atoms with van der Waals surface area (Å²) in [6.07, 6.45) is -0.921. The van der Waals surface area contributed by atoms with Gasteiger partial charge in [-0.25, -0.2) is 0 Å². The molecule has 0 aromatic heterocycles. The summed E-state index contributed by atoms with van der Waals surface area (Å²) in [6.45, 7) is 0. The van der Waals surface area contributed by atoms with E-state index in [1.54, 1.807) is 12.1 Å². The van der Waals surface area contributed by atoms with E-state index in [0.29, 0.717) is 17.0 Å². The Morgan fingerprint density at radius 1 is 1.39 bits per heavy atom. The molecule has 0 spiro atoms. The Kier molecular flexibility index (Phi) is 4.00. The van der Waals surface area contributed by atoms with Gasteiger partial charge in [-0.05, 0) is 18.2 Å². The van der Waals surface area contributed by atoms with Crippen LogP contribution in [0, 0.1) is 0 Å². The molecule has 0 saturated carbocycles. The standard InChI is InChI=1S/C12H13NO4S/c1-16-12(17-2)11(15)7-3-4-9-8(5-7)13-10(14)6-18-9/h3-5,12H,6H2,1-2H3,(H,13,14). The average Bonchev–Trinajstić information content (AvgIpc) is 2.39.